The second kappa shape index (κ2) is 9.48. The number of anilines is 1. The molecule has 0 atom stereocenters. The van der Waals surface area contributed by atoms with Gasteiger partial charge >= 0.3 is 5.97 Å². The third-order valence-corrected chi connectivity index (χ3v) is 5.31. The quantitative estimate of drug-likeness (QED) is 0.658. The molecule has 0 unspecified atom stereocenters. The van der Waals surface area contributed by atoms with E-state index in [0.29, 0.717) is 23.4 Å². The number of amides is 1. The van der Waals surface area contributed by atoms with Crippen LogP contribution < -0.4 is 10.0 Å². The van der Waals surface area contributed by atoms with Crippen LogP contribution in [0.15, 0.2) is 53.4 Å². The number of nitrogens with one attached hydrogen (secondary N) is 2. The molecule has 0 fully saturated rings. The van der Waals surface area contributed by atoms with Crippen LogP contribution in [-0.2, 0) is 14.8 Å². The number of hydrogen-bond donors (Lipinski definition) is 2. The topological polar surface area (TPSA) is 102 Å². The van der Waals surface area contributed by atoms with Gasteiger partial charge in [0.05, 0.1) is 17.1 Å². The Hall–Kier alpha value is -2.71. The fourth-order valence-corrected chi connectivity index (χ4v) is 3.59. The highest BCUT2D eigenvalue weighted by molar-refractivity contribution is 7.89. The number of carbonyl (C=O) groups excluding carboxylic acids is 2. The van der Waals surface area contributed by atoms with E-state index in [-0.39, 0.29) is 16.8 Å². The summed E-state index contributed by atoms with van der Waals surface area (Å²) in [5.74, 6) is -0.798. The molecule has 0 aliphatic carbocycles. The molecule has 8 heteroatoms. The molecule has 28 heavy (non-hydrogen) atoms. The van der Waals surface area contributed by atoms with Crippen LogP contribution in [0.4, 0.5) is 5.69 Å². The average molecular weight is 404 g/mol. The van der Waals surface area contributed by atoms with Gasteiger partial charge in [0.1, 0.15) is 0 Å². The highest BCUT2D eigenvalue weighted by Crippen LogP contribution is 2.15. The molecule has 150 valence electrons. The van der Waals surface area contributed by atoms with Crippen LogP contribution in [-0.4, -0.2) is 32.9 Å². The van der Waals surface area contributed by atoms with Crippen LogP contribution in [0.5, 0.6) is 0 Å². The van der Waals surface area contributed by atoms with Crippen molar-refractivity contribution >= 4 is 27.6 Å². The summed E-state index contributed by atoms with van der Waals surface area (Å²) in [6.45, 7) is 5.73. The summed E-state index contributed by atoms with van der Waals surface area (Å²) < 4.78 is 31.8. The highest BCUT2D eigenvalue weighted by Gasteiger charge is 2.16. The molecular formula is C20H24N2O5S. The van der Waals surface area contributed by atoms with Gasteiger partial charge in [-0.3, -0.25) is 4.79 Å². The number of sulfonamides is 1. The van der Waals surface area contributed by atoms with Gasteiger partial charge in [-0.1, -0.05) is 6.92 Å². The Morgan fingerprint density at radius 3 is 2.07 bits per heavy atom. The van der Waals surface area contributed by atoms with E-state index in [0.717, 1.165) is 6.42 Å². The molecule has 0 heterocycles. The van der Waals surface area contributed by atoms with Gasteiger partial charge in [-0.25, -0.2) is 17.9 Å². The second-order valence-electron chi connectivity index (χ2n) is 6.47. The van der Waals surface area contributed by atoms with Crippen molar-refractivity contribution < 1.29 is 22.7 Å². The first-order chi connectivity index (χ1) is 13.2. The molecule has 0 spiro atoms. The standard InChI is InChI=1S/C20H24N2O5S/c1-4-13-27-20(24)16-5-9-17(10-6-16)21-19(23)15-7-11-18(12-8-15)28(25,26)22-14(2)3/h5-12,14,22H,4,13H2,1-3H3,(H,21,23). The molecule has 1 amide bonds. The van der Waals surface area contributed by atoms with E-state index in [2.05, 4.69) is 10.0 Å². The Balaban J connectivity index is 2.04. The summed E-state index contributed by atoms with van der Waals surface area (Å²) in [4.78, 5) is 24.2. The van der Waals surface area contributed by atoms with E-state index in [1.54, 1.807) is 38.1 Å². The maximum atomic E-state index is 12.3. The van der Waals surface area contributed by atoms with Gasteiger partial charge in [0.2, 0.25) is 10.0 Å². The molecule has 0 aliphatic heterocycles. The lowest BCUT2D eigenvalue weighted by atomic mass is 10.2. The molecule has 2 aromatic rings. The van der Waals surface area contributed by atoms with Gasteiger partial charge in [-0.15, -0.1) is 0 Å². The largest absolute Gasteiger partial charge is 0.462 e. The van der Waals surface area contributed by atoms with Crippen molar-refractivity contribution in [2.75, 3.05) is 11.9 Å². The molecular weight excluding hydrogens is 380 g/mol. The van der Waals surface area contributed by atoms with Crippen LogP contribution in [0.25, 0.3) is 0 Å². The van der Waals surface area contributed by atoms with Crippen LogP contribution >= 0.6 is 0 Å². The van der Waals surface area contributed by atoms with Crippen LogP contribution in [0.2, 0.25) is 0 Å². The zero-order chi connectivity index (χ0) is 20.7. The summed E-state index contributed by atoms with van der Waals surface area (Å²) in [6, 6.07) is 11.8. The maximum absolute atomic E-state index is 12.3. The summed E-state index contributed by atoms with van der Waals surface area (Å²) in [7, 11) is -3.61. The minimum absolute atomic E-state index is 0.0905. The molecule has 0 saturated heterocycles. The minimum Gasteiger partial charge on any atom is -0.462 e. The number of esters is 1. The molecule has 2 aromatic carbocycles. The van der Waals surface area contributed by atoms with E-state index >= 15 is 0 Å². The predicted molar refractivity (Wildman–Crippen MR) is 107 cm³/mol. The van der Waals surface area contributed by atoms with Crippen LogP contribution in [0.1, 0.15) is 47.9 Å². The zero-order valence-corrected chi connectivity index (χ0v) is 16.9. The predicted octanol–water partition coefficient (Wildman–Crippen LogP) is 3.19. The number of hydrogen-bond acceptors (Lipinski definition) is 5. The molecule has 7 nitrogen and oxygen atoms in total. The highest BCUT2D eigenvalue weighted by atomic mass is 32.2. The Bertz CT molecular complexity index is 920. The fraction of sp³-hybridized carbons (Fsp3) is 0.300. The molecule has 0 bridgehead atoms. The van der Waals surface area contributed by atoms with Gasteiger partial charge in [-0.05, 0) is 68.8 Å². The molecule has 2 N–H and O–H groups in total. The van der Waals surface area contributed by atoms with E-state index in [9.17, 15) is 18.0 Å². The molecule has 0 saturated carbocycles. The number of rotatable bonds is 8. The molecule has 0 radical (unpaired) electrons. The van der Waals surface area contributed by atoms with Crippen molar-refractivity contribution in [1.29, 1.82) is 0 Å². The van der Waals surface area contributed by atoms with Gasteiger partial charge < -0.3 is 10.1 Å². The lowest BCUT2D eigenvalue weighted by molar-refractivity contribution is 0.0505. The van der Waals surface area contributed by atoms with Crippen LogP contribution in [0.3, 0.4) is 0 Å². The summed E-state index contributed by atoms with van der Waals surface area (Å²) >= 11 is 0. The SMILES string of the molecule is CCCOC(=O)c1ccc(NC(=O)c2ccc(S(=O)(=O)NC(C)C)cc2)cc1. The monoisotopic (exact) mass is 404 g/mol. The van der Waals surface area contributed by atoms with Crippen molar-refractivity contribution in [2.45, 2.75) is 38.1 Å². The van der Waals surface area contributed by atoms with E-state index in [1.807, 2.05) is 6.92 Å². The summed E-state index contributed by atoms with van der Waals surface area (Å²) in [6.07, 6.45) is 0.744. The van der Waals surface area contributed by atoms with Gasteiger partial charge in [0, 0.05) is 17.3 Å². The molecule has 0 aliphatic rings. The van der Waals surface area contributed by atoms with Gasteiger partial charge in [0.25, 0.3) is 5.91 Å². The second-order valence-corrected chi connectivity index (χ2v) is 8.18. The normalized spacial score (nSPS) is 11.3. The Kier molecular flexibility index (Phi) is 7.31. The smallest absolute Gasteiger partial charge is 0.338 e. The first kappa shape index (κ1) is 21.6. The Morgan fingerprint density at radius 1 is 0.964 bits per heavy atom. The first-order valence-electron chi connectivity index (χ1n) is 8.94. The number of benzene rings is 2. The van der Waals surface area contributed by atoms with Gasteiger partial charge in [0.15, 0.2) is 0 Å². The van der Waals surface area contributed by atoms with Gasteiger partial charge in [-0.2, -0.15) is 0 Å². The Labute approximate surface area is 165 Å². The zero-order valence-electron chi connectivity index (χ0n) is 16.1. The van der Waals surface area contributed by atoms with E-state index < -0.39 is 16.0 Å². The lowest BCUT2D eigenvalue weighted by Crippen LogP contribution is -2.30. The number of ether oxygens (including phenoxy) is 1. The van der Waals surface area contributed by atoms with Crippen molar-refractivity contribution in [1.82, 2.24) is 4.72 Å². The average Bonchev–Trinajstić information content (AvgIpc) is 2.65. The third kappa shape index (κ3) is 5.90. The fourth-order valence-electron chi connectivity index (χ4n) is 2.33. The Morgan fingerprint density at radius 2 is 1.54 bits per heavy atom. The first-order valence-corrected chi connectivity index (χ1v) is 10.4. The molecule has 2 rings (SSSR count). The van der Waals surface area contributed by atoms with Crippen molar-refractivity contribution in [3.63, 3.8) is 0 Å². The van der Waals surface area contributed by atoms with E-state index in [1.165, 1.54) is 24.3 Å². The molecule has 0 aromatic heterocycles. The minimum atomic E-state index is -3.61. The van der Waals surface area contributed by atoms with Crippen molar-refractivity contribution in [3.8, 4) is 0 Å². The third-order valence-electron chi connectivity index (χ3n) is 3.63. The summed E-state index contributed by atoms with van der Waals surface area (Å²) in [5, 5.41) is 2.70. The van der Waals surface area contributed by atoms with Crippen molar-refractivity contribution in [3.05, 3.63) is 59.7 Å². The van der Waals surface area contributed by atoms with E-state index in [4.69, 9.17) is 4.74 Å². The van der Waals surface area contributed by atoms with Crippen molar-refractivity contribution in [2.24, 2.45) is 0 Å². The summed E-state index contributed by atoms with van der Waals surface area (Å²) in [5.41, 5.74) is 1.23. The maximum Gasteiger partial charge on any atom is 0.338 e. The van der Waals surface area contributed by atoms with Crippen LogP contribution in [0, 0.1) is 0 Å². The lowest BCUT2D eigenvalue weighted by Gasteiger charge is -2.10. The number of carbonyl (C=O) groups is 2.